The van der Waals surface area contributed by atoms with Crippen LogP contribution in [-0.4, -0.2) is 70.6 Å². The molecule has 2 atom stereocenters. The van der Waals surface area contributed by atoms with E-state index in [0.717, 1.165) is 32.9 Å². The number of rotatable bonds is 32. The Morgan fingerprint density at radius 1 is 0.431 bits per heavy atom. The van der Waals surface area contributed by atoms with Gasteiger partial charge in [0, 0.05) is 19.7 Å². The Morgan fingerprint density at radius 3 is 1.07 bits per heavy atom. The normalized spacial score (nSPS) is 13.2. The molecule has 0 fully saturated rings. The second-order valence-electron chi connectivity index (χ2n) is 22.8. The third-order valence-electron chi connectivity index (χ3n) is 14.4. The number of halogens is 2. The standard InChI is InChI=1S/C42H68O2S2.C10H2Br2N4O2.6CH3.2Sn/c1-5-9-13-17-19-23-27-35(25-21-15-11-7-3)33-43-39-37-29-31-46-42(37)40(38-30-32-45-41(38)39)44-34-36(26-22-16-12-8-4)28-24-20-18-14-10-6-2;11-5-1-3-4(8-9(5)15-18-14-8)2-6(12)10-7(3)13-17-16-10;;;;;;;;/h29-30,35-36H,5-28,33-34H2,1-4H3;1-2H;6*1H3;;. The molecule has 0 radical (unpaired) electrons. The van der Waals surface area contributed by atoms with Crippen LogP contribution < -0.4 is 15.3 Å². The van der Waals surface area contributed by atoms with Crippen LogP contribution in [0.3, 0.4) is 0 Å². The molecule has 0 saturated heterocycles. The number of aromatic nitrogens is 4. The van der Waals surface area contributed by atoms with E-state index in [-0.39, 0.29) is 0 Å². The maximum absolute atomic E-state index is 7.26. The van der Waals surface area contributed by atoms with E-state index in [9.17, 15) is 0 Å². The molecule has 0 amide bonds. The van der Waals surface area contributed by atoms with Gasteiger partial charge < -0.3 is 0 Å². The summed E-state index contributed by atoms with van der Waals surface area (Å²) in [6, 6.07) is 8.97. The first-order valence-corrected chi connectivity index (χ1v) is 51.3. The molecule has 0 spiro atoms. The Balaban J connectivity index is 0.000000385. The topological polar surface area (TPSA) is 96.3 Å². The average Bonchev–Trinajstić information content (AvgIpc) is 4.19. The maximum atomic E-state index is 7.26. The van der Waals surface area contributed by atoms with Gasteiger partial charge in [0.05, 0.1) is 0 Å². The van der Waals surface area contributed by atoms with Gasteiger partial charge in [-0.15, -0.1) is 0 Å². The summed E-state index contributed by atoms with van der Waals surface area (Å²) in [5.74, 6) is 3.68. The SMILES string of the molecule is Brc1cc2c(cc(Br)c3nonc32)c2nonc12.CCCCCCCCC(CCCCCC)COc1c2c[c]([Sn]([CH3])([CH3])[CH3])sc2c(OCC(CCCCCC)CCCCCCCC)c2c[c]([Sn]([CH3])([CH3])[CH3])sc12. The van der Waals surface area contributed by atoms with Crippen molar-refractivity contribution in [3.8, 4) is 11.5 Å². The number of ether oxygens (including phenoxy) is 2. The Kier molecular flexibility index (Phi) is 25.1. The number of nitrogens with zero attached hydrogens (tertiary/aromatic N) is 4. The van der Waals surface area contributed by atoms with Gasteiger partial charge in [0.15, 0.2) is 0 Å². The van der Waals surface area contributed by atoms with E-state index in [1.807, 2.05) is 12.1 Å². The van der Waals surface area contributed by atoms with Crippen LogP contribution in [0.4, 0.5) is 0 Å². The van der Waals surface area contributed by atoms with E-state index < -0.39 is 36.8 Å². The summed E-state index contributed by atoms with van der Waals surface area (Å²) < 4.78 is 31.7. The van der Waals surface area contributed by atoms with Gasteiger partial charge in [-0.05, 0) is 64.6 Å². The molecular weight excluding hydrogens is 1280 g/mol. The molecule has 14 heteroatoms. The van der Waals surface area contributed by atoms with Crippen LogP contribution in [0, 0.1) is 11.8 Å². The summed E-state index contributed by atoms with van der Waals surface area (Å²) in [6.45, 7) is 11.0. The van der Waals surface area contributed by atoms with Crippen molar-refractivity contribution in [1.29, 1.82) is 0 Å². The van der Waals surface area contributed by atoms with Crippen LogP contribution in [0.5, 0.6) is 11.5 Å². The zero-order chi connectivity index (χ0) is 51.7. The van der Waals surface area contributed by atoms with Crippen molar-refractivity contribution >= 4 is 150 Å². The van der Waals surface area contributed by atoms with Gasteiger partial charge in [0.25, 0.3) is 0 Å². The monoisotopic (exact) mass is 1370 g/mol. The van der Waals surface area contributed by atoms with Crippen LogP contribution in [0.25, 0.3) is 53.0 Å². The molecule has 7 rings (SSSR count). The summed E-state index contributed by atoms with van der Waals surface area (Å²) in [5.41, 5.74) is 2.69. The van der Waals surface area contributed by atoms with E-state index in [0.29, 0.717) is 33.9 Å². The summed E-state index contributed by atoms with van der Waals surface area (Å²) >= 11 is 6.27. The van der Waals surface area contributed by atoms with Crippen LogP contribution in [0.1, 0.15) is 182 Å². The van der Waals surface area contributed by atoms with Gasteiger partial charge in [-0.3, -0.25) is 0 Å². The second kappa shape index (κ2) is 30.1. The molecule has 0 N–H and O–H groups in total. The van der Waals surface area contributed by atoms with E-state index in [1.165, 1.54) is 186 Å². The summed E-state index contributed by atoms with van der Waals surface area (Å²) in [5, 5.41) is 20.0. The predicted molar refractivity (Wildman–Crippen MR) is 325 cm³/mol. The second-order valence-corrected chi connectivity index (χ2v) is 57.4. The van der Waals surface area contributed by atoms with Gasteiger partial charge in [-0.25, -0.2) is 9.26 Å². The van der Waals surface area contributed by atoms with Gasteiger partial charge in [0.1, 0.15) is 22.1 Å². The molecule has 3 aromatic carbocycles. The molecular formula is C58H88Br2N4O4S2Sn2. The quantitative estimate of drug-likeness (QED) is 0.0304. The van der Waals surface area contributed by atoms with Crippen molar-refractivity contribution in [3.05, 3.63) is 33.2 Å². The number of thiophene rings is 2. The fraction of sp³-hybridized carbons (Fsp3) is 0.655. The van der Waals surface area contributed by atoms with Crippen molar-refractivity contribution in [2.45, 2.75) is 211 Å². The zero-order valence-corrected chi connectivity index (χ0v) is 56.4. The number of hydrogen-bond acceptors (Lipinski definition) is 10. The molecule has 2 unspecified atom stereocenters. The van der Waals surface area contributed by atoms with Crippen molar-refractivity contribution in [2.75, 3.05) is 13.2 Å². The van der Waals surface area contributed by atoms with E-state index in [4.69, 9.17) is 18.7 Å². The number of hydrogen-bond donors (Lipinski definition) is 0. The predicted octanol–water partition coefficient (Wildman–Crippen LogP) is 20.1. The fourth-order valence-corrected chi connectivity index (χ4v) is 23.6. The van der Waals surface area contributed by atoms with Crippen LogP contribution in [-0.2, 0) is 0 Å². The zero-order valence-electron chi connectivity index (χ0n) is 45.8. The molecule has 4 heterocycles. The van der Waals surface area contributed by atoms with Crippen molar-refractivity contribution in [1.82, 2.24) is 20.6 Å². The van der Waals surface area contributed by atoms with E-state index >= 15 is 0 Å². The fourth-order valence-electron chi connectivity index (χ4n) is 9.88. The Morgan fingerprint density at radius 2 is 0.736 bits per heavy atom. The molecule has 0 saturated carbocycles. The Labute approximate surface area is 466 Å². The first-order valence-electron chi connectivity index (χ1n) is 28.1. The summed E-state index contributed by atoms with van der Waals surface area (Å²) in [7, 11) is 0. The molecule has 0 aliphatic carbocycles. The van der Waals surface area contributed by atoms with Crippen molar-refractivity contribution in [3.63, 3.8) is 0 Å². The molecule has 7 aromatic rings. The number of fused-ring (bicyclic) bond motifs is 7. The molecule has 0 bridgehead atoms. The number of unbranched alkanes of at least 4 members (excludes halogenated alkanes) is 16. The van der Waals surface area contributed by atoms with Crippen molar-refractivity contribution in [2.24, 2.45) is 11.8 Å². The average molecular weight is 1370 g/mol. The van der Waals surface area contributed by atoms with Gasteiger partial charge in [0.2, 0.25) is 0 Å². The Bertz CT molecular complexity index is 2480. The molecule has 398 valence electrons. The minimum atomic E-state index is -2.37. The first kappa shape index (κ1) is 60.0. The molecule has 0 aliphatic heterocycles. The van der Waals surface area contributed by atoms with Gasteiger partial charge >= 0.3 is 302 Å². The summed E-state index contributed by atoms with van der Waals surface area (Å²) in [4.78, 5) is 15.5. The third kappa shape index (κ3) is 16.9. The van der Waals surface area contributed by atoms with Gasteiger partial charge in [-0.1, -0.05) is 53.4 Å². The third-order valence-corrected chi connectivity index (χ3v) is 36.7. The summed E-state index contributed by atoms with van der Waals surface area (Å²) in [6.07, 6.45) is 32.5. The molecule has 4 aromatic heterocycles. The molecule has 72 heavy (non-hydrogen) atoms. The minimum absolute atomic E-state index is 0.644. The Hall–Kier alpha value is -1.20. The van der Waals surface area contributed by atoms with Crippen molar-refractivity contribution < 1.29 is 18.7 Å². The van der Waals surface area contributed by atoms with E-state index in [1.54, 1.807) is 5.79 Å². The van der Waals surface area contributed by atoms with Crippen LogP contribution >= 0.6 is 54.5 Å². The molecule has 8 nitrogen and oxygen atoms in total. The number of benzene rings is 3. The van der Waals surface area contributed by atoms with Crippen LogP contribution in [0.15, 0.2) is 42.5 Å². The van der Waals surface area contributed by atoms with E-state index in [2.05, 4.69) is 145 Å². The van der Waals surface area contributed by atoms with Crippen LogP contribution in [0.2, 0.25) is 29.6 Å². The first-order chi connectivity index (χ1) is 34.7. The van der Waals surface area contributed by atoms with Gasteiger partial charge in [-0.2, -0.15) is 0 Å². The molecule has 0 aliphatic rings.